The minimum Gasteiger partial charge on any atom is -0.366 e. The van der Waals surface area contributed by atoms with Crippen LogP contribution >= 0.6 is 0 Å². The first-order chi connectivity index (χ1) is 11.3. The van der Waals surface area contributed by atoms with Gasteiger partial charge in [0.25, 0.3) is 0 Å². The molecule has 0 fully saturated rings. The van der Waals surface area contributed by atoms with E-state index in [-0.39, 0.29) is 5.69 Å². The molecule has 2 aromatic rings. The van der Waals surface area contributed by atoms with E-state index in [1.54, 1.807) is 18.3 Å². The predicted molar refractivity (Wildman–Crippen MR) is 96.8 cm³/mol. The summed E-state index contributed by atoms with van der Waals surface area (Å²) < 4.78 is 27.5. The van der Waals surface area contributed by atoms with Gasteiger partial charge in [0.1, 0.15) is 11.6 Å². The highest BCUT2D eigenvalue weighted by Gasteiger charge is 2.14. The Morgan fingerprint density at radius 3 is 2.38 bits per heavy atom. The van der Waals surface area contributed by atoms with E-state index in [1.807, 2.05) is 37.9 Å². The molecule has 5 heteroatoms. The van der Waals surface area contributed by atoms with Crippen LogP contribution in [0.4, 0.5) is 25.8 Å². The van der Waals surface area contributed by atoms with Crippen molar-refractivity contribution in [2.45, 2.75) is 20.8 Å². The van der Waals surface area contributed by atoms with Gasteiger partial charge >= 0.3 is 0 Å². The second kappa shape index (κ2) is 7.43. The third kappa shape index (κ3) is 3.91. The molecule has 128 valence electrons. The fourth-order valence-electron chi connectivity index (χ4n) is 2.40. The Morgan fingerprint density at radius 1 is 1.00 bits per heavy atom. The van der Waals surface area contributed by atoms with Crippen LogP contribution in [-0.4, -0.2) is 31.9 Å². The Labute approximate surface area is 142 Å². The van der Waals surface area contributed by atoms with Crippen LogP contribution in [0.5, 0.6) is 0 Å². The number of benzene rings is 2. The number of nitrogens with zero attached hydrogens (tertiary/aromatic N) is 3. The van der Waals surface area contributed by atoms with Gasteiger partial charge in [-0.15, -0.1) is 0 Å². The number of aliphatic imine (C=N–C) groups is 1. The minimum atomic E-state index is -0.462. The van der Waals surface area contributed by atoms with E-state index in [1.165, 1.54) is 6.07 Å². The fourth-order valence-corrected chi connectivity index (χ4v) is 2.40. The van der Waals surface area contributed by atoms with Crippen molar-refractivity contribution in [2.75, 3.05) is 25.5 Å². The summed E-state index contributed by atoms with van der Waals surface area (Å²) in [6.07, 6.45) is 1.79. The molecule has 0 spiro atoms. The molecule has 0 saturated heterocycles. The van der Waals surface area contributed by atoms with Crippen molar-refractivity contribution in [3.63, 3.8) is 0 Å². The third-order valence-electron chi connectivity index (χ3n) is 4.04. The van der Waals surface area contributed by atoms with Gasteiger partial charge in [-0.25, -0.2) is 13.8 Å². The van der Waals surface area contributed by atoms with Crippen LogP contribution in [0, 0.1) is 25.5 Å². The Morgan fingerprint density at radius 2 is 1.71 bits per heavy atom. The zero-order valence-electron chi connectivity index (χ0n) is 14.8. The monoisotopic (exact) mass is 331 g/mol. The zero-order chi connectivity index (χ0) is 17.9. The van der Waals surface area contributed by atoms with Gasteiger partial charge in [-0.1, -0.05) is 0 Å². The number of anilines is 2. The second-order valence-electron chi connectivity index (χ2n) is 5.90. The summed E-state index contributed by atoms with van der Waals surface area (Å²) in [4.78, 5) is 8.13. The molecular weight excluding hydrogens is 308 g/mol. The van der Waals surface area contributed by atoms with Crippen molar-refractivity contribution in [2.24, 2.45) is 4.99 Å². The third-order valence-corrected chi connectivity index (χ3v) is 4.04. The molecule has 0 aromatic heterocycles. The average Bonchev–Trinajstić information content (AvgIpc) is 2.56. The Bertz CT molecular complexity index is 757. The van der Waals surface area contributed by atoms with Crippen molar-refractivity contribution >= 4 is 23.4 Å². The summed E-state index contributed by atoms with van der Waals surface area (Å²) in [5, 5.41) is 0. The summed E-state index contributed by atoms with van der Waals surface area (Å²) in [6, 6.07) is 7.36. The van der Waals surface area contributed by atoms with Crippen LogP contribution in [0.25, 0.3) is 0 Å². The van der Waals surface area contributed by atoms with Crippen molar-refractivity contribution in [1.29, 1.82) is 0 Å². The van der Waals surface area contributed by atoms with E-state index in [0.29, 0.717) is 0 Å². The van der Waals surface area contributed by atoms with Crippen LogP contribution in [0.3, 0.4) is 0 Å². The van der Waals surface area contributed by atoms with E-state index >= 15 is 0 Å². The lowest BCUT2D eigenvalue weighted by molar-refractivity contribution is 0.552. The Balaban J connectivity index is 2.40. The van der Waals surface area contributed by atoms with Crippen molar-refractivity contribution in [1.82, 2.24) is 4.90 Å². The highest BCUT2D eigenvalue weighted by atomic mass is 19.1. The molecule has 24 heavy (non-hydrogen) atoms. The van der Waals surface area contributed by atoms with Gasteiger partial charge in [-0.2, -0.15) is 0 Å². The van der Waals surface area contributed by atoms with E-state index in [9.17, 15) is 8.78 Å². The molecule has 3 nitrogen and oxygen atoms in total. The summed E-state index contributed by atoms with van der Waals surface area (Å²) in [5.74, 6) is -0.918. The van der Waals surface area contributed by atoms with Crippen LogP contribution in [0.15, 0.2) is 35.3 Å². The summed E-state index contributed by atoms with van der Waals surface area (Å²) in [6.45, 7) is 6.82. The van der Waals surface area contributed by atoms with Crippen molar-refractivity contribution in [3.8, 4) is 0 Å². The van der Waals surface area contributed by atoms with E-state index in [2.05, 4.69) is 11.9 Å². The van der Waals surface area contributed by atoms with E-state index in [0.717, 1.165) is 41.2 Å². The van der Waals surface area contributed by atoms with Crippen LogP contribution in [0.1, 0.15) is 18.1 Å². The lowest BCUT2D eigenvalue weighted by atomic mass is 10.1. The number of hydrogen-bond acceptors (Lipinski definition) is 2. The lowest BCUT2D eigenvalue weighted by Gasteiger charge is -2.23. The van der Waals surface area contributed by atoms with Gasteiger partial charge in [-0.3, -0.25) is 0 Å². The highest BCUT2D eigenvalue weighted by Crippen LogP contribution is 2.33. The largest absolute Gasteiger partial charge is 0.366 e. The maximum atomic E-state index is 14.0. The smallest absolute Gasteiger partial charge is 0.147 e. The summed E-state index contributed by atoms with van der Waals surface area (Å²) >= 11 is 0. The van der Waals surface area contributed by atoms with Gasteiger partial charge in [0.2, 0.25) is 0 Å². The highest BCUT2D eigenvalue weighted by molar-refractivity contribution is 5.72. The lowest BCUT2D eigenvalue weighted by Crippen LogP contribution is -2.14. The van der Waals surface area contributed by atoms with E-state index < -0.39 is 11.6 Å². The van der Waals surface area contributed by atoms with Gasteiger partial charge in [0.05, 0.1) is 17.7 Å². The zero-order valence-corrected chi connectivity index (χ0v) is 14.8. The maximum Gasteiger partial charge on any atom is 0.147 e. The van der Waals surface area contributed by atoms with Crippen molar-refractivity contribution in [3.05, 3.63) is 53.1 Å². The summed E-state index contributed by atoms with van der Waals surface area (Å²) in [7, 11) is 3.69. The molecule has 2 aromatic carbocycles. The first-order valence-electron chi connectivity index (χ1n) is 7.88. The topological polar surface area (TPSA) is 18.8 Å². The maximum absolute atomic E-state index is 14.0. The number of aryl methyl sites for hydroxylation is 2. The molecule has 0 bridgehead atoms. The Kier molecular flexibility index (Phi) is 5.54. The van der Waals surface area contributed by atoms with Gasteiger partial charge in [-0.05, 0) is 56.2 Å². The molecule has 0 heterocycles. The molecule has 0 radical (unpaired) electrons. The molecule has 0 aliphatic carbocycles. The fraction of sp³-hybridized carbons (Fsp3) is 0.316. The molecular formula is C19H23F2N3. The average molecular weight is 331 g/mol. The minimum absolute atomic E-state index is 0.208. The molecule has 0 unspecified atom stereocenters. The van der Waals surface area contributed by atoms with Crippen LogP contribution < -0.4 is 4.90 Å². The molecule has 0 aliphatic rings. The normalized spacial score (nSPS) is 11.1. The number of rotatable bonds is 5. The Hall–Kier alpha value is -2.43. The van der Waals surface area contributed by atoms with Gasteiger partial charge in [0.15, 0.2) is 0 Å². The SMILES string of the molecule is CCN(C)C=Nc1cc(C)c(N(C)c2cc(F)ccc2F)cc1C. The first-order valence-corrected chi connectivity index (χ1v) is 7.88. The quantitative estimate of drug-likeness (QED) is 0.569. The van der Waals surface area contributed by atoms with E-state index in [4.69, 9.17) is 0 Å². The molecule has 0 amide bonds. The van der Waals surface area contributed by atoms with Crippen molar-refractivity contribution < 1.29 is 8.78 Å². The first kappa shape index (κ1) is 17.9. The molecule has 0 N–H and O–H groups in total. The number of hydrogen-bond donors (Lipinski definition) is 0. The predicted octanol–water partition coefficient (Wildman–Crippen LogP) is 4.96. The standard InChI is InChI=1S/C19H23F2N3/c1-6-23(4)12-22-17-9-14(3)18(10-13(17)2)24(5)19-11-15(20)7-8-16(19)21/h7-12H,6H2,1-5H3. The van der Waals surface area contributed by atoms with Crippen LogP contribution in [0.2, 0.25) is 0 Å². The molecule has 0 aliphatic heterocycles. The van der Waals surface area contributed by atoms with Gasteiger partial charge < -0.3 is 9.80 Å². The molecule has 0 atom stereocenters. The second-order valence-corrected chi connectivity index (χ2v) is 5.90. The summed E-state index contributed by atoms with van der Waals surface area (Å²) in [5.41, 5.74) is 3.81. The van der Waals surface area contributed by atoms with Gasteiger partial charge in [0, 0.05) is 32.4 Å². The van der Waals surface area contributed by atoms with Crippen LogP contribution in [-0.2, 0) is 0 Å². The number of halogens is 2. The molecule has 2 rings (SSSR count). The molecule has 0 saturated carbocycles.